The summed E-state index contributed by atoms with van der Waals surface area (Å²) in [5.74, 6) is -0.339. The molecule has 0 aliphatic carbocycles. The molecule has 0 amide bonds. The van der Waals surface area contributed by atoms with E-state index in [1.54, 1.807) is 11.6 Å². The lowest BCUT2D eigenvalue weighted by Crippen LogP contribution is -2.56. The second kappa shape index (κ2) is 10.0. The van der Waals surface area contributed by atoms with Gasteiger partial charge in [0, 0.05) is 6.54 Å². The maximum absolute atomic E-state index is 12.4. The van der Waals surface area contributed by atoms with E-state index in [-0.39, 0.29) is 18.4 Å². The van der Waals surface area contributed by atoms with Crippen molar-refractivity contribution in [1.82, 2.24) is 4.81 Å². The van der Waals surface area contributed by atoms with Gasteiger partial charge in [0.15, 0.2) is 6.61 Å². The third-order valence-electron chi connectivity index (χ3n) is 4.79. The van der Waals surface area contributed by atoms with E-state index in [1.165, 1.54) is 0 Å². The Morgan fingerprint density at radius 3 is 2.39 bits per heavy atom. The zero-order chi connectivity index (χ0) is 20.8. The second-order valence-corrected chi connectivity index (χ2v) is 7.62. The first-order chi connectivity index (χ1) is 13.2. The first kappa shape index (κ1) is 22.4. The zero-order valence-electron chi connectivity index (χ0n) is 17.3. The molecule has 1 heterocycles. The van der Waals surface area contributed by atoms with Gasteiger partial charge >= 0.3 is 19.0 Å². The quantitative estimate of drug-likeness (QED) is 0.433. The Hall–Kier alpha value is -1.90. The van der Waals surface area contributed by atoms with Gasteiger partial charge < -0.3 is 24.0 Å². The summed E-state index contributed by atoms with van der Waals surface area (Å²) in [6.07, 6.45) is 0. The van der Waals surface area contributed by atoms with E-state index in [4.69, 9.17) is 14.2 Å². The maximum atomic E-state index is 12.4. The van der Waals surface area contributed by atoms with Gasteiger partial charge in [0.1, 0.15) is 11.8 Å². The fourth-order valence-electron chi connectivity index (χ4n) is 3.24. The van der Waals surface area contributed by atoms with Crippen LogP contribution in [0.15, 0.2) is 18.2 Å². The fraction of sp³-hybridized carbons (Fsp3) is 0.600. The number of morpholine rings is 1. The van der Waals surface area contributed by atoms with E-state index >= 15 is 0 Å². The van der Waals surface area contributed by atoms with Crippen LogP contribution in [0, 0.1) is 0 Å². The number of hydrogen-bond acceptors (Lipinski definition) is 7. The van der Waals surface area contributed by atoms with E-state index < -0.39 is 31.6 Å². The normalized spacial score (nSPS) is 17.6. The predicted octanol–water partition coefficient (Wildman–Crippen LogP) is 2.19. The molecule has 154 valence electrons. The first-order valence-electron chi connectivity index (χ1n) is 9.74. The molecule has 1 aliphatic rings. The highest BCUT2D eigenvalue weighted by molar-refractivity contribution is 6.45. The SMILES string of the molecule is CB(O)N1CCOCC1C(=O)OCC(=O)Oc1c(C(C)C)cccc1C(C)C. The first-order valence-corrected chi connectivity index (χ1v) is 9.74. The third-order valence-corrected chi connectivity index (χ3v) is 4.79. The Labute approximate surface area is 167 Å². The summed E-state index contributed by atoms with van der Waals surface area (Å²) in [6, 6.07) is 5.09. The fourth-order valence-corrected chi connectivity index (χ4v) is 3.24. The largest absolute Gasteiger partial charge is 0.452 e. The Kier molecular flexibility index (Phi) is 8.04. The van der Waals surface area contributed by atoms with Crippen molar-refractivity contribution in [3.05, 3.63) is 29.3 Å². The highest BCUT2D eigenvalue weighted by Crippen LogP contribution is 2.34. The average molecular weight is 391 g/mol. The van der Waals surface area contributed by atoms with Crippen LogP contribution in [0.4, 0.5) is 0 Å². The third kappa shape index (κ3) is 5.56. The van der Waals surface area contributed by atoms with Crippen LogP contribution in [0.25, 0.3) is 0 Å². The molecule has 2 rings (SSSR count). The lowest BCUT2D eigenvalue weighted by molar-refractivity contribution is -0.160. The average Bonchev–Trinajstić information content (AvgIpc) is 2.65. The number of rotatable bonds is 7. The summed E-state index contributed by atoms with van der Waals surface area (Å²) in [5.41, 5.74) is 1.87. The van der Waals surface area contributed by atoms with E-state index in [0.29, 0.717) is 18.9 Å². The minimum Gasteiger partial charge on any atom is -0.452 e. The molecule has 0 saturated carbocycles. The Morgan fingerprint density at radius 2 is 1.86 bits per heavy atom. The van der Waals surface area contributed by atoms with Gasteiger partial charge in [-0.2, -0.15) is 0 Å². The van der Waals surface area contributed by atoms with Crippen LogP contribution in [0.3, 0.4) is 0 Å². The van der Waals surface area contributed by atoms with Gasteiger partial charge in [0.2, 0.25) is 0 Å². The molecular weight excluding hydrogens is 361 g/mol. The molecule has 1 aromatic carbocycles. The Morgan fingerprint density at radius 1 is 1.25 bits per heavy atom. The molecule has 1 N–H and O–H groups in total. The highest BCUT2D eigenvalue weighted by atomic mass is 16.6. The molecule has 28 heavy (non-hydrogen) atoms. The monoisotopic (exact) mass is 391 g/mol. The summed E-state index contributed by atoms with van der Waals surface area (Å²) in [6.45, 7) is 10.2. The minimum atomic E-state index is -0.806. The highest BCUT2D eigenvalue weighted by Gasteiger charge is 2.35. The molecule has 1 fully saturated rings. The Bertz CT molecular complexity index is 665. The van der Waals surface area contributed by atoms with Crippen molar-refractivity contribution in [3.63, 3.8) is 0 Å². The van der Waals surface area contributed by atoms with E-state index in [2.05, 4.69) is 0 Å². The predicted molar refractivity (Wildman–Crippen MR) is 106 cm³/mol. The van der Waals surface area contributed by atoms with Crippen LogP contribution < -0.4 is 4.74 Å². The van der Waals surface area contributed by atoms with Crippen molar-refractivity contribution in [2.24, 2.45) is 0 Å². The van der Waals surface area contributed by atoms with Crippen molar-refractivity contribution in [1.29, 1.82) is 0 Å². The van der Waals surface area contributed by atoms with Gasteiger partial charge in [0.05, 0.1) is 13.2 Å². The van der Waals surface area contributed by atoms with Gasteiger partial charge in [0.25, 0.3) is 0 Å². The van der Waals surface area contributed by atoms with Gasteiger partial charge in [-0.25, -0.2) is 4.79 Å². The van der Waals surface area contributed by atoms with Crippen molar-refractivity contribution >= 4 is 19.0 Å². The smallest absolute Gasteiger partial charge is 0.377 e. The second-order valence-electron chi connectivity index (χ2n) is 7.62. The van der Waals surface area contributed by atoms with Crippen LogP contribution in [0.2, 0.25) is 6.82 Å². The van der Waals surface area contributed by atoms with E-state index in [9.17, 15) is 14.6 Å². The van der Waals surface area contributed by atoms with Gasteiger partial charge in [-0.3, -0.25) is 4.79 Å². The van der Waals surface area contributed by atoms with Crippen molar-refractivity contribution in [3.8, 4) is 5.75 Å². The summed E-state index contributed by atoms with van der Waals surface area (Å²) >= 11 is 0. The van der Waals surface area contributed by atoms with Gasteiger partial charge in [-0.15, -0.1) is 0 Å². The standard InChI is InChI=1S/C20H30BNO6/c1-13(2)15-7-6-8-16(14(3)4)19(15)28-18(23)12-27-20(24)17-11-26-10-9-22(17)21(5)25/h6-8,13-14,17,25H,9-12H2,1-5H3. The number of esters is 2. The zero-order valence-corrected chi connectivity index (χ0v) is 17.3. The molecule has 1 unspecified atom stereocenters. The summed E-state index contributed by atoms with van der Waals surface area (Å²) in [7, 11) is -0.806. The van der Waals surface area contributed by atoms with Crippen LogP contribution in [-0.2, 0) is 19.1 Å². The number of hydrogen-bond donors (Lipinski definition) is 1. The molecule has 8 heteroatoms. The molecule has 1 aromatic rings. The molecular formula is C20H30BNO6. The molecule has 7 nitrogen and oxygen atoms in total. The maximum Gasteiger partial charge on any atom is 0.377 e. The number of para-hydroxylation sites is 1. The minimum absolute atomic E-state index is 0.118. The van der Waals surface area contributed by atoms with Crippen molar-refractivity contribution in [2.75, 3.05) is 26.4 Å². The topological polar surface area (TPSA) is 85.3 Å². The lowest BCUT2D eigenvalue weighted by Gasteiger charge is -2.34. The number of carbonyl (C=O) groups is 2. The summed E-state index contributed by atoms with van der Waals surface area (Å²) in [5, 5.41) is 9.80. The summed E-state index contributed by atoms with van der Waals surface area (Å²) in [4.78, 5) is 26.3. The van der Waals surface area contributed by atoms with Crippen LogP contribution in [-0.4, -0.2) is 61.2 Å². The molecule has 0 bridgehead atoms. The van der Waals surface area contributed by atoms with E-state index in [1.807, 2.05) is 45.9 Å². The van der Waals surface area contributed by atoms with Crippen LogP contribution >= 0.6 is 0 Å². The lowest BCUT2D eigenvalue weighted by atomic mass is 9.82. The molecule has 0 spiro atoms. The number of ether oxygens (including phenoxy) is 3. The number of benzene rings is 1. The summed E-state index contributed by atoms with van der Waals surface area (Å²) < 4.78 is 16.1. The molecule has 0 radical (unpaired) electrons. The number of nitrogens with zero attached hydrogens (tertiary/aromatic N) is 1. The van der Waals surface area contributed by atoms with Gasteiger partial charge in [-0.1, -0.05) is 45.9 Å². The molecule has 1 atom stereocenters. The van der Waals surface area contributed by atoms with E-state index in [0.717, 1.165) is 11.1 Å². The molecule has 1 aliphatic heterocycles. The molecule has 0 aromatic heterocycles. The van der Waals surface area contributed by atoms with Crippen molar-refractivity contribution < 1.29 is 28.8 Å². The van der Waals surface area contributed by atoms with Gasteiger partial charge in [-0.05, 0) is 29.8 Å². The Balaban J connectivity index is 2.04. The molecule has 1 saturated heterocycles. The van der Waals surface area contributed by atoms with Crippen LogP contribution in [0.1, 0.15) is 50.7 Å². The number of carbonyl (C=O) groups excluding carboxylic acids is 2. The van der Waals surface area contributed by atoms with Crippen LogP contribution in [0.5, 0.6) is 5.75 Å². The van der Waals surface area contributed by atoms with Crippen molar-refractivity contribution in [2.45, 2.75) is 52.4 Å².